The van der Waals surface area contributed by atoms with Crippen molar-refractivity contribution in [1.29, 1.82) is 0 Å². The van der Waals surface area contributed by atoms with Crippen LogP contribution < -0.4 is 0 Å². The van der Waals surface area contributed by atoms with E-state index in [1.807, 2.05) is 0 Å². The molecule has 0 unspecified atom stereocenters. The minimum atomic E-state index is 1.17. The SMILES string of the molecule is CCCc1ccc(-c2cccc3c2C=CCC3)cc1. The Morgan fingerprint density at radius 2 is 1.84 bits per heavy atom. The predicted molar refractivity (Wildman–Crippen MR) is 83.2 cm³/mol. The van der Waals surface area contributed by atoms with Crippen molar-refractivity contribution in [2.24, 2.45) is 0 Å². The Morgan fingerprint density at radius 1 is 1.00 bits per heavy atom. The second kappa shape index (κ2) is 5.44. The lowest BCUT2D eigenvalue weighted by molar-refractivity contribution is 0.922. The highest BCUT2D eigenvalue weighted by Gasteiger charge is 2.10. The molecule has 0 radical (unpaired) electrons. The van der Waals surface area contributed by atoms with E-state index in [-0.39, 0.29) is 0 Å². The van der Waals surface area contributed by atoms with Gasteiger partial charge >= 0.3 is 0 Å². The normalized spacial score (nSPS) is 13.3. The maximum Gasteiger partial charge on any atom is -0.0109 e. The average Bonchev–Trinajstić information content (AvgIpc) is 2.48. The molecule has 0 heterocycles. The van der Waals surface area contributed by atoms with Crippen LogP contribution in [0.3, 0.4) is 0 Å². The van der Waals surface area contributed by atoms with Crippen molar-refractivity contribution < 1.29 is 0 Å². The van der Waals surface area contributed by atoms with Crippen molar-refractivity contribution in [3.63, 3.8) is 0 Å². The van der Waals surface area contributed by atoms with E-state index in [0.29, 0.717) is 0 Å². The molecule has 2 aromatic carbocycles. The van der Waals surface area contributed by atoms with Gasteiger partial charge in [-0.05, 0) is 47.1 Å². The van der Waals surface area contributed by atoms with Crippen LogP contribution in [-0.2, 0) is 12.8 Å². The smallest absolute Gasteiger partial charge is 0.0109 e. The fourth-order valence-electron chi connectivity index (χ4n) is 2.86. The van der Waals surface area contributed by atoms with Crippen molar-refractivity contribution in [2.45, 2.75) is 32.6 Å². The van der Waals surface area contributed by atoms with E-state index in [0.717, 1.165) is 0 Å². The quantitative estimate of drug-likeness (QED) is 0.694. The van der Waals surface area contributed by atoms with Gasteiger partial charge in [-0.3, -0.25) is 0 Å². The third kappa shape index (κ3) is 2.49. The number of hydrogen-bond acceptors (Lipinski definition) is 0. The standard InChI is InChI=1S/C19H20/c1-2-6-15-11-13-17(14-12-15)19-10-5-8-16-7-3-4-9-18(16)19/h4-5,8-14H,2-3,6-7H2,1H3. The predicted octanol–water partition coefficient (Wildman–Crippen LogP) is 5.27. The van der Waals surface area contributed by atoms with Gasteiger partial charge in [-0.15, -0.1) is 0 Å². The van der Waals surface area contributed by atoms with Crippen molar-refractivity contribution in [3.05, 3.63) is 65.2 Å². The fourth-order valence-corrected chi connectivity index (χ4v) is 2.86. The van der Waals surface area contributed by atoms with Gasteiger partial charge < -0.3 is 0 Å². The van der Waals surface area contributed by atoms with Gasteiger partial charge in [0.2, 0.25) is 0 Å². The Kier molecular flexibility index (Phi) is 3.50. The van der Waals surface area contributed by atoms with E-state index in [9.17, 15) is 0 Å². The monoisotopic (exact) mass is 248 g/mol. The first-order chi connectivity index (χ1) is 9.38. The zero-order valence-corrected chi connectivity index (χ0v) is 11.5. The maximum absolute atomic E-state index is 2.29. The number of rotatable bonds is 3. The van der Waals surface area contributed by atoms with Crippen LogP contribution in [0, 0.1) is 0 Å². The molecule has 0 saturated heterocycles. The molecular weight excluding hydrogens is 228 g/mol. The lowest BCUT2D eigenvalue weighted by Crippen LogP contribution is -1.96. The number of hydrogen-bond donors (Lipinski definition) is 0. The van der Waals surface area contributed by atoms with Crippen LogP contribution in [0.15, 0.2) is 48.5 Å². The molecule has 0 spiro atoms. The minimum Gasteiger partial charge on any atom is -0.0836 e. The molecule has 0 atom stereocenters. The van der Waals surface area contributed by atoms with Crippen LogP contribution >= 0.6 is 0 Å². The summed E-state index contributed by atoms with van der Waals surface area (Å²) in [7, 11) is 0. The molecule has 0 fully saturated rings. The molecule has 96 valence electrons. The Hall–Kier alpha value is -1.82. The Balaban J connectivity index is 2.01. The van der Waals surface area contributed by atoms with E-state index < -0.39 is 0 Å². The van der Waals surface area contributed by atoms with Gasteiger partial charge in [0.1, 0.15) is 0 Å². The average molecular weight is 248 g/mol. The van der Waals surface area contributed by atoms with Crippen molar-refractivity contribution in [3.8, 4) is 11.1 Å². The fraction of sp³-hybridized carbons (Fsp3) is 0.263. The zero-order chi connectivity index (χ0) is 13.1. The molecule has 0 heteroatoms. The van der Waals surface area contributed by atoms with Crippen LogP contribution in [0.2, 0.25) is 0 Å². The molecule has 2 aromatic rings. The molecular formula is C19H20. The summed E-state index contributed by atoms with van der Waals surface area (Å²) < 4.78 is 0. The molecule has 0 amide bonds. The summed E-state index contributed by atoms with van der Waals surface area (Å²) in [5, 5.41) is 0. The summed E-state index contributed by atoms with van der Waals surface area (Å²) in [6.45, 7) is 2.23. The summed E-state index contributed by atoms with van der Waals surface area (Å²) in [5.41, 5.74) is 7.04. The number of aryl methyl sites for hydroxylation is 2. The molecule has 0 nitrogen and oxygen atoms in total. The van der Waals surface area contributed by atoms with E-state index in [4.69, 9.17) is 0 Å². The van der Waals surface area contributed by atoms with Gasteiger partial charge in [0, 0.05) is 0 Å². The van der Waals surface area contributed by atoms with Crippen LogP contribution in [0.25, 0.3) is 17.2 Å². The van der Waals surface area contributed by atoms with Crippen molar-refractivity contribution in [2.75, 3.05) is 0 Å². The highest BCUT2D eigenvalue weighted by molar-refractivity contribution is 5.78. The molecule has 0 N–H and O–H groups in total. The minimum absolute atomic E-state index is 1.17. The summed E-state index contributed by atoms with van der Waals surface area (Å²) >= 11 is 0. The lowest BCUT2D eigenvalue weighted by Gasteiger charge is -2.15. The second-order valence-corrected chi connectivity index (χ2v) is 5.27. The Labute approximate surface area is 115 Å². The molecule has 1 aliphatic rings. The summed E-state index contributed by atoms with van der Waals surface area (Å²) in [5.74, 6) is 0. The third-order valence-corrected chi connectivity index (χ3v) is 3.86. The Morgan fingerprint density at radius 3 is 2.63 bits per heavy atom. The Bertz CT molecular complexity index is 588. The molecule has 0 aromatic heterocycles. The summed E-state index contributed by atoms with van der Waals surface area (Å²) in [6, 6.07) is 15.8. The second-order valence-electron chi connectivity index (χ2n) is 5.27. The van der Waals surface area contributed by atoms with E-state index in [1.54, 1.807) is 0 Å². The van der Waals surface area contributed by atoms with Crippen molar-refractivity contribution >= 4 is 6.08 Å². The number of fused-ring (bicyclic) bond motifs is 1. The topological polar surface area (TPSA) is 0 Å². The first kappa shape index (κ1) is 12.2. The largest absolute Gasteiger partial charge is 0.0836 e. The van der Waals surface area contributed by atoms with E-state index in [2.05, 4.69) is 61.5 Å². The van der Waals surface area contributed by atoms with Crippen LogP contribution in [-0.4, -0.2) is 0 Å². The van der Waals surface area contributed by atoms with E-state index >= 15 is 0 Å². The van der Waals surface area contributed by atoms with Crippen molar-refractivity contribution in [1.82, 2.24) is 0 Å². The van der Waals surface area contributed by atoms with Gasteiger partial charge in [0.15, 0.2) is 0 Å². The highest BCUT2D eigenvalue weighted by Crippen LogP contribution is 2.30. The molecule has 0 aliphatic heterocycles. The maximum atomic E-state index is 2.29. The first-order valence-corrected chi connectivity index (χ1v) is 7.26. The van der Waals surface area contributed by atoms with Gasteiger partial charge in [0.05, 0.1) is 0 Å². The van der Waals surface area contributed by atoms with Gasteiger partial charge in [-0.25, -0.2) is 0 Å². The number of benzene rings is 2. The van der Waals surface area contributed by atoms with E-state index in [1.165, 1.54) is 53.5 Å². The molecule has 0 bridgehead atoms. The van der Waals surface area contributed by atoms with Crippen LogP contribution in [0.1, 0.15) is 36.5 Å². The molecule has 3 rings (SSSR count). The van der Waals surface area contributed by atoms with Gasteiger partial charge in [-0.2, -0.15) is 0 Å². The molecule has 1 aliphatic carbocycles. The zero-order valence-electron chi connectivity index (χ0n) is 11.5. The summed E-state index contributed by atoms with van der Waals surface area (Å²) in [6.07, 6.45) is 9.31. The van der Waals surface area contributed by atoms with Crippen LogP contribution in [0.4, 0.5) is 0 Å². The lowest BCUT2D eigenvalue weighted by atomic mass is 9.90. The third-order valence-electron chi connectivity index (χ3n) is 3.86. The molecule has 0 saturated carbocycles. The molecule has 19 heavy (non-hydrogen) atoms. The van der Waals surface area contributed by atoms with Gasteiger partial charge in [-0.1, -0.05) is 68.0 Å². The van der Waals surface area contributed by atoms with Crippen LogP contribution in [0.5, 0.6) is 0 Å². The highest BCUT2D eigenvalue weighted by atomic mass is 14.1. The first-order valence-electron chi connectivity index (χ1n) is 7.26. The number of allylic oxidation sites excluding steroid dienone is 1. The summed E-state index contributed by atoms with van der Waals surface area (Å²) in [4.78, 5) is 0. The van der Waals surface area contributed by atoms with Gasteiger partial charge in [0.25, 0.3) is 0 Å².